The van der Waals surface area contributed by atoms with Gasteiger partial charge in [-0.3, -0.25) is 0 Å². The Morgan fingerprint density at radius 1 is 1.56 bits per heavy atom. The van der Waals surface area contributed by atoms with E-state index in [1.54, 1.807) is 0 Å². The number of fused-ring (bicyclic) bond motifs is 2. The summed E-state index contributed by atoms with van der Waals surface area (Å²) in [5, 5.41) is 0. The maximum atomic E-state index is 5.86. The molecule has 3 unspecified atom stereocenters. The van der Waals surface area contributed by atoms with Crippen molar-refractivity contribution < 1.29 is 4.74 Å². The lowest BCUT2D eigenvalue weighted by Crippen LogP contribution is -2.17. The third kappa shape index (κ3) is 1.70. The lowest BCUT2D eigenvalue weighted by atomic mass is 9.88. The summed E-state index contributed by atoms with van der Waals surface area (Å²) in [7, 11) is 0. The van der Waals surface area contributed by atoms with Gasteiger partial charge in [0.05, 0.1) is 12.2 Å². The highest BCUT2D eigenvalue weighted by molar-refractivity contribution is 7.71. The molecule has 2 saturated heterocycles. The highest BCUT2D eigenvalue weighted by atomic mass is 32.1. The number of hydrogen-bond donors (Lipinski definition) is 1. The van der Waals surface area contributed by atoms with Gasteiger partial charge < -0.3 is 9.72 Å². The Bertz CT molecular complexity index is 457. The van der Waals surface area contributed by atoms with E-state index >= 15 is 0 Å². The van der Waals surface area contributed by atoms with Crippen LogP contribution in [0.2, 0.25) is 0 Å². The molecule has 16 heavy (non-hydrogen) atoms. The number of aryl methyl sites for hydroxylation is 1. The van der Waals surface area contributed by atoms with Crippen LogP contribution in [-0.2, 0) is 11.2 Å². The summed E-state index contributed by atoms with van der Waals surface area (Å²) in [5.41, 5.74) is 1.18. The number of rotatable bonds is 2. The van der Waals surface area contributed by atoms with E-state index in [1.165, 1.54) is 18.5 Å². The first-order chi connectivity index (χ1) is 7.76. The Morgan fingerprint density at radius 2 is 2.44 bits per heavy atom. The van der Waals surface area contributed by atoms with Crippen LogP contribution < -0.4 is 0 Å². The summed E-state index contributed by atoms with van der Waals surface area (Å²) in [6.07, 6.45) is 5.31. The fraction of sp³-hybridized carbons (Fsp3) is 0.667. The van der Waals surface area contributed by atoms with E-state index in [1.807, 2.05) is 6.07 Å². The summed E-state index contributed by atoms with van der Waals surface area (Å²) in [6.45, 7) is 2.13. The van der Waals surface area contributed by atoms with Crippen molar-refractivity contribution >= 4 is 12.2 Å². The van der Waals surface area contributed by atoms with E-state index in [0.29, 0.717) is 22.8 Å². The summed E-state index contributed by atoms with van der Waals surface area (Å²) >= 11 is 5.20. The predicted octanol–water partition coefficient (Wildman–Crippen LogP) is 2.74. The maximum Gasteiger partial charge on any atom is 0.130 e. The maximum absolute atomic E-state index is 5.86. The number of nitrogens with zero attached hydrogens (tertiary/aromatic N) is 1. The molecule has 4 heteroatoms. The minimum atomic E-state index is 0.371. The monoisotopic (exact) mass is 236 g/mol. The quantitative estimate of drug-likeness (QED) is 0.802. The Balaban J connectivity index is 1.94. The van der Waals surface area contributed by atoms with Crippen LogP contribution in [0.4, 0.5) is 0 Å². The molecule has 2 fully saturated rings. The van der Waals surface area contributed by atoms with Crippen molar-refractivity contribution in [2.75, 3.05) is 0 Å². The molecule has 2 bridgehead atoms. The van der Waals surface area contributed by atoms with Gasteiger partial charge in [0.25, 0.3) is 0 Å². The van der Waals surface area contributed by atoms with Crippen LogP contribution in [-0.4, -0.2) is 22.2 Å². The molecule has 1 aromatic heterocycles. The predicted molar refractivity (Wildman–Crippen MR) is 64.1 cm³/mol. The fourth-order valence-corrected chi connectivity index (χ4v) is 3.06. The highest BCUT2D eigenvalue weighted by Crippen LogP contribution is 2.43. The van der Waals surface area contributed by atoms with Crippen molar-refractivity contribution in [3.63, 3.8) is 0 Å². The lowest BCUT2D eigenvalue weighted by molar-refractivity contribution is 0.0998. The van der Waals surface area contributed by atoms with Gasteiger partial charge in [-0.25, -0.2) is 4.98 Å². The first-order valence-corrected chi connectivity index (χ1v) is 6.42. The summed E-state index contributed by atoms with van der Waals surface area (Å²) < 4.78 is 6.56. The normalized spacial score (nSPS) is 32.2. The minimum Gasteiger partial charge on any atom is -0.374 e. The molecule has 0 radical (unpaired) electrons. The molecule has 86 valence electrons. The Labute approximate surface area is 100 Å². The molecule has 3 heterocycles. The Hall–Kier alpha value is -0.740. The standard InChI is InChI=1S/C12H16N2OS/c1-2-7-5-11(16)14-12(13-7)9-6-8-3-4-10(9)15-8/h5,8-10H,2-4,6H2,1H3,(H,13,14,16). The number of H-pyrrole nitrogens is 1. The topological polar surface area (TPSA) is 37.9 Å². The SMILES string of the molecule is CCc1cc(=S)nc(C2CC3CCC2O3)[nH]1. The molecule has 2 aliphatic heterocycles. The van der Waals surface area contributed by atoms with Crippen LogP contribution >= 0.6 is 12.2 Å². The average Bonchev–Trinajstić information content (AvgIpc) is 2.89. The van der Waals surface area contributed by atoms with Crippen molar-refractivity contribution in [2.24, 2.45) is 0 Å². The molecule has 0 amide bonds. The van der Waals surface area contributed by atoms with Crippen LogP contribution in [0.1, 0.15) is 43.6 Å². The number of aromatic nitrogens is 2. The average molecular weight is 236 g/mol. The van der Waals surface area contributed by atoms with Crippen molar-refractivity contribution in [1.29, 1.82) is 0 Å². The molecular weight excluding hydrogens is 220 g/mol. The third-order valence-electron chi connectivity index (χ3n) is 3.66. The molecule has 3 rings (SSSR count). The van der Waals surface area contributed by atoms with Gasteiger partial charge in [0.1, 0.15) is 10.5 Å². The molecule has 2 aliphatic rings. The first-order valence-electron chi connectivity index (χ1n) is 6.02. The van der Waals surface area contributed by atoms with Crippen molar-refractivity contribution in [1.82, 2.24) is 9.97 Å². The van der Waals surface area contributed by atoms with E-state index in [4.69, 9.17) is 17.0 Å². The van der Waals surface area contributed by atoms with Crippen LogP contribution in [0, 0.1) is 4.64 Å². The molecule has 0 aromatic carbocycles. The lowest BCUT2D eigenvalue weighted by Gasteiger charge is -2.18. The summed E-state index contributed by atoms with van der Waals surface area (Å²) in [4.78, 5) is 7.87. The van der Waals surface area contributed by atoms with E-state index in [0.717, 1.165) is 18.7 Å². The molecule has 1 N–H and O–H groups in total. The number of hydrogen-bond acceptors (Lipinski definition) is 3. The van der Waals surface area contributed by atoms with Crippen LogP contribution in [0.15, 0.2) is 6.07 Å². The summed E-state index contributed by atoms with van der Waals surface area (Å²) in [6, 6.07) is 1.95. The molecule has 0 spiro atoms. The number of nitrogens with one attached hydrogen (secondary N) is 1. The minimum absolute atomic E-state index is 0.371. The molecule has 3 nitrogen and oxygen atoms in total. The van der Waals surface area contributed by atoms with Gasteiger partial charge in [-0.15, -0.1) is 0 Å². The largest absolute Gasteiger partial charge is 0.374 e. The van der Waals surface area contributed by atoms with Gasteiger partial charge in [0, 0.05) is 11.6 Å². The van der Waals surface area contributed by atoms with Crippen LogP contribution in [0.25, 0.3) is 0 Å². The molecular formula is C12H16N2OS. The second-order valence-electron chi connectivity index (χ2n) is 4.70. The molecule has 1 aromatic rings. The number of aromatic amines is 1. The van der Waals surface area contributed by atoms with Gasteiger partial charge in [-0.2, -0.15) is 0 Å². The second-order valence-corrected chi connectivity index (χ2v) is 5.12. The second kappa shape index (κ2) is 3.93. The van der Waals surface area contributed by atoms with Gasteiger partial charge in [0.15, 0.2) is 0 Å². The fourth-order valence-electron chi connectivity index (χ4n) is 2.82. The zero-order valence-corrected chi connectivity index (χ0v) is 10.2. The van der Waals surface area contributed by atoms with Crippen molar-refractivity contribution in [3.8, 4) is 0 Å². The van der Waals surface area contributed by atoms with Crippen LogP contribution in [0.3, 0.4) is 0 Å². The van der Waals surface area contributed by atoms with Gasteiger partial charge in [-0.05, 0) is 31.7 Å². The zero-order valence-electron chi connectivity index (χ0n) is 9.40. The smallest absolute Gasteiger partial charge is 0.130 e. The van der Waals surface area contributed by atoms with E-state index < -0.39 is 0 Å². The number of ether oxygens (including phenoxy) is 1. The zero-order chi connectivity index (χ0) is 11.1. The Kier molecular flexibility index (Phi) is 2.56. The van der Waals surface area contributed by atoms with E-state index in [2.05, 4.69) is 16.9 Å². The van der Waals surface area contributed by atoms with E-state index in [-0.39, 0.29) is 0 Å². The molecule has 0 aliphatic carbocycles. The van der Waals surface area contributed by atoms with Crippen LogP contribution in [0.5, 0.6) is 0 Å². The van der Waals surface area contributed by atoms with Gasteiger partial charge in [-0.1, -0.05) is 19.1 Å². The first kappa shape index (κ1) is 10.4. The molecule has 0 saturated carbocycles. The Morgan fingerprint density at radius 3 is 3.06 bits per heavy atom. The van der Waals surface area contributed by atoms with E-state index in [9.17, 15) is 0 Å². The highest BCUT2D eigenvalue weighted by Gasteiger charge is 2.42. The van der Waals surface area contributed by atoms with Crippen molar-refractivity contribution in [2.45, 2.75) is 50.7 Å². The third-order valence-corrected chi connectivity index (χ3v) is 3.86. The van der Waals surface area contributed by atoms with Gasteiger partial charge >= 0.3 is 0 Å². The summed E-state index contributed by atoms with van der Waals surface area (Å²) in [5.74, 6) is 1.48. The van der Waals surface area contributed by atoms with Crippen molar-refractivity contribution in [3.05, 3.63) is 22.2 Å². The van der Waals surface area contributed by atoms with Gasteiger partial charge in [0.2, 0.25) is 0 Å². The molecule has 3 atom stereocenters.